The van der Waals surface area contributed by atoms with E-state index in [0.717, 1.165) is 12.8 Å². The summed E-state index contributed by atoms with van der Waals surface area (Å²) in [7, 11) is -0.897. The third-order valence-corrected chi connectivity index (χ3v) is 7.73. The molecule has 1 fully saturated rings. The molecule has 1 atom stereocenters. The number of sulfonamides is 1. The number of unbranched alkanes of at least 4 members (excludes halogenated alkanes) is 1. The molecule has 10 heteroatoms. The number of nitrogens with one attached hydrogen (secondary N) is 1. The first-order valence-electron chi connectivity index (χ1n) is 11.6. The van der Waals surface area contributed by atoms with Gasteiger partial charge in [0.25, 0.3) is 0 Å². The number of amides is 1. The summed E-state index contributed by atoms with van der Waals surface area (Å²) >= 11 is 0. The molecule has 35 heavy (non-hydrogen) atoms. The number of carbonyl (C=O) groups excluding carboxylic acids is 2. The normalized spacial score (nSPS) is 16.4. The number of benzene rings is 2. The molecule has 1 saturated heterocycles. The van der Waals surface area contributed by atoms with Crippen molar-refractivity contribution in [1.82, 2.24) is 4.31 Å². The van der Waals surface area contributed by atoms with Crippen LogP contribution in [-0.4, -0.2) is 58.5 Å². The van der Waals surface area contributed by atoms with Gasteiger partial charge in [-0.1, -0.05) is 13.3 Å². The molecule has 0 spiro atoms. The first-order chi connectivity index (χ1) is 16.8. The number of methoxy groups -OCH3 is 2. The van der Waals surface area contributed by atoms with Crippen LogP contribution in [-0.2, 0) is 19.6 Å². The Balaban J connectivity index is 1.64. The molecule has 1 amide bonds. The molecular weight excluding hydrogens is 472 g/mol. The Morgan fingerprint density at radius 2 is 1.77 bits per heavy atom. The number of hydrogen-bond donors (Lipinski definition) is 1. The number of esters is 1. The molecule has 1 aliphatic heterocycles. The lowest BCUT2D eigenvalue weighted by molar-refractivity contribution is -0.120. The zero-order valence-corrected chi connectivity index (χ0v) is 21.1. The SMILES string of the molecule is CCCCOC(=O)c1ccc(NC(=O)[C@@H]2CCCN(S(=O)(=O)c3ccc(OC)c(OC)c3)C2)cc1. The van der Waals surface area contributed by atoms with E-state index in [1.54, 1.807) is 30.3 Å². The lowest BCUT2D eigenvalue weighted by atomic mass is 9.98. The molecule has 9 nitrogen and oxygen atoms in total. The van der Waals surface area contributed by atoms with Crippen molar-refractivity contribution in [2.45, 2.75) is 37.5 Å². The quantitative estimate of drug-likeness (QED) is 0.388. The van der Waals surface area contributed by atoms with E-state index in [1.165, 1.54) is 30.7 Å². The van der Waals surface area contributed by atoms with Gasteiger partial charge in [-0.15, -0.1) is 0 Å². The molecule has 1 aliphatic rings. The average Bonchev–Trinajstić information content (AvgIpc) is 2.88. The molecule has 0 unspecified atom stereocenters. The van der Waals surface area contributed by atoms with Crippen molar-refractivity contribution in [2.75, 3.05) is 39.2 Å². The third kappa shape index (κ3) is 6.52. The van der Waals surface area contributed by atoms with Crippen molar-refractivity contribution < 1.29 is 32.2 Å². The molecule has 0 bridgehead atoms. The van der Waals surface area contributed by atoms with Gasteiger partial charge in [-0.25, -0.2) is 13.2 Å². The van der Waals surface area contributed by atoms with Crippen molar-refractivity contribution in [3.8, 4) is 11.5 Å². The van der Waals surface area contributed by atoms with Crippen molar-refractivity contribution in [2.24, 2.45) is 5.92 Å². The minimum Gasteiger partial charge on any atom is -0.493 e. The summed E-state index contributed by atoms with van der Waals surface area (Å²) in [5, 5.41) is 2.83. The van der Waals surface area contributed by atoms with Crippen LogP contribution in [0.1, 0.15) is 43.0 Å². The second-order valence-corrected chi connectivity index (χ2v) is 10.2. The molecule has 1 heterocycles. The highest BCUT2D eigenvalue weighted by molar-refractivity contribution is 7.89. The summed E-state index contributed by atoms with van der Waals surface area (Å²) in [4.78, 5) is 25.0. The van der Waals surface area contributed by atoms with Gasteiger partial charge in [0.2, 0.25) is 15.9 Å². The number of carbonyl (C=O) groups is 2. The smallest absolute Gasteiger partial charge is 0.338 e. The molecule has 0 saturated carbocycles. The van der Waals surface area contributed by atoms with E-state index in [2.05, 4.69) is 5.32 Å². The monoisotopic (exact) mass is 504 g/mol. The van der Waals surface area contributed by atoms with Gasteiger partial charge in [0.05, 0.1) is 37.2 Å². The number of anilines is 1. The fourth-order valence-corrected chi connectivity index (χ4v) is 5.37. The Morgan fingerprint density at radius 3 is 2.43 bits per heavy atom. The third-order valence-electron chi connectivity index (χ3n) is 5.87. The molecule has 2 aromatic carbocycles. The first-order valence-corrected chi connectivity index (χ1v) is 13.0. The minimum absolute atomic E-state index is 0.0738. The minimum atomic E-state index is -3.82. The van der Waals surface area contributed by atoms with Crippen LogP contribution < -0.4 is 14.8 Å². The molecule has 0 aliphatic carbocycles. The zero-order chi connectivity index (χ0) is 25.4. The Hall–Kier alpha value is -3.11. The number of hydrogen-bond acceptors (Lipinski definition) is 7. The Bertz CT molecular complexity index is 1130. The van der Waals surface area contributed by atoms with Crippen LogP contribution in [0.25, 0.3) is 0 Å². The summed E-state index contributed by atoms with van der Waals surface area (Å²) in [5.41, 5.74) is 0.934. The van der Waals surface area contributed by atoms with Gasteiger partial charge >= 0.3 is 5.97 Å². The Morgan fingerprint density at radius 1 is 1.06 bits per heavy atom. The van der Waals surface area contributed by atoms with Gasteiger partial charge in [0, 0.05) is 24.8 Å². The van der Waals surface area contributed by atoms with Crippen LogP contribution in [0.4, 0.5) is 5.69 Å². The van der Waals surface area contributed by atoms with Crippen LogP contribution in [0.2, 0.25) is 0 Å². The van der Waals surface area contributed by atoms with E-state index in [-0.39, 0.29) is 17.3 Å². The maximum atomic E-state index is 13.2. The van der Waals surface area contributed by atoms with Gasteiger partial charge in [-0.2, -0.15) is 4.31 Å². The van der Waals surface area contributed by atoms with Crippen molar-refractivity contribution in [1.29, 1.82) is 0 Å². The second kappa shape index (κ2) is 12.0. The van der Waals surface area contributed by atoms with Crippen LogP contribution in [0.3, 0.4) is 0 Å². The average molecular weight is 505 g/mol. The summed E-state index contributed by atoms with van der Waals surface area (Å²) in [6.07, 6.45) is 2.88. The van der Waals surface area contributed by atoms with E-state index >= 15 is 0 Å². The lowest BCUT2D eigenvalue weighted by Crippen LogP contribution is -2.43. The maximum absolute atomic E-state index is 13.2. The molecule has 0 aromatic heterocycles. The van der Waals surface area contributed by atoms with Gasteiger partial charge in [0.1, 0.15) is 0 Å². The van der Waals surface area contributed by atoms with Crippen LogP contribution in [0.5, 0.6) is 11.5 Å². The van der Waals surface area contributed by atoms with E-state index in [9.17, 15) is 18.0 Å². The lowest BCUT2D eigenvalue weighted by Gasteiger charge is -2.31. The van der Waals surface area contributed by atoms with E-state index in [4.69, 9.17) is 14.2 Å². The summed E-state index contributed by atoms with van der Waals surface area (Å²) in [6.45, 7) is 2.79. The zero-order valence-electron chi connectivity index (χ0n) is 20.3. The number of nitrogens with zero attached hydrogens (tertiary/aromatic N) is 1. The fourth-order valence-electron chi connectivity index (χ4n) is 3.83. The number of ether oxygens (including phenoxy) is 3. The summed E-state index contributed by atoms with van der Waals surface area (Å²) < 4.78 is 43.4. The maximum Gasteiger partial charge on any atom is 0.338 e. The predicted octanol–water partition coefficient (Wildman–Crippen LogP) is 3.70. The van der Waals surface area contributed by atoms with Crippen LogP contribution >= 0.6 is 0 Å². The standard InChI is InChI=1S/C25H32N2O7S/c1-4-5-15-34-25(29)18-8-10-20(11-9-18)26-24(28)19-7-6-14-27(17-19)35(30,31)21-12-13-22(32-2)23(16-21)33-3/h8-13,16,19H,4-7,14-15,17H2,1-3H3,(H,26,28)/t19-/m1/s1. The van der Waals surface area contributed by atoms with Crippen molar-refractivity contribution >= 4 is 27.6 Å². The highest BCUT2D eigenvalue weighted by atomic mass is 32.2. The van der Waals surface area contributed by atoms with Crippen LogP contribution in [0.15, 0.2) is 47.4 Å². The summed E-state index contributed by atoms with van der Waals surface area (Å²) in [6, 6.07) is 10.9. The summed E-state index contributed by atoms with van der Waals surface area (Å²) in [5.74, 6) is -0.424. The van der Waals surface area contributed by atoms with Crippen molar-refractivity contribution in [3.05, 3.63) is 48.0 Å². The Labute approximate surface area is 206 Å². The highest BCUT2D eigenvalue weighted by Gasteiger charge is 2.34. The predicted molar refractivity (Wildman–Crippen MR) is 131 cm³/mol. The largest absolute Gasteiger partial charge is 0.493 e. The van der Waals surface area contributed by atoms with Gasteiger partial charge < -0.3 is 19.5 Å². The molecular formula is C25H32N2O7S. The van der Waals surface area contributed by atoms with Gasteiger partial charge in [-0.05, 0) is 55.7 Å². The molecule has 190 valence electrons. The van der Waals surface area contributed by atoms with Gasteiger partial charge in [-0.3, -0.25) is 4.79 Å². The van der Waals surface area contributed by atoms with E-state index in [1.807, 2.05) is 6.92 Å². The van der Waals surface area contributed by atoms with Crippen molar-refractivity contribution in [3.63, 3.8) is 0 Å². The van der Waals surface area contributed by atoms with Crippen LogP contribution in [0, 0.1) is 5.92 Å². The fraction of sp³-hybridized carbons (Fsp3) is 0.440. The number of piperidine rings is 1. The molecule has 0 radical (unpaired) electrons. The number of rotatable bonds is 10. The van der Waals surface area contributed by atoms with Gasteiger partial charge in [0.15, 0.2) is 11.5 Å². The Kier molecular flexibility index (Phi) is 9.11. The van der Waals surface area contributed by atoms with E-state index in [0.29, 0.717) is 48.7 Å². The highest BCUT2D eigenvalue weighted by Crippen LogP contribution is 2.32. The topological polar surface area (TPSA) is 111 Å². The molecule has 1 N–H and O–H groups in total. The second-order valence-electron chi connectivity index (χ2n) is 8.28. The first kappa shape index (κ1) is 26.5. The van der Waals surface area contributed by atoms with E-state index < -0.39 is 21.9 Å². The molecule has 2 aromatic rings. The molecule has 3 rings (SSSR count).